The molecular formula is C25H19F4N3O3S. The van der Waals surface area contributed by atoms with E-state index in [-0.39, 0.29) is 5.11 Å². The number of halogens is 4. The lowest BCUT2D eigenvalue weighted by atomic mass is 10.1. The van der Waals surface area contributed by atoms with Gasteiger partial charge < -0.3 is 14.5 Å². The lowest BCUT2D eigenvalue weighted by Crippen LogP contribution is -2.35. The van der Waals surface area contributed by atoms with Gasteiger partial charge in [-0.05, 0) is 67.9 Å². The quantitative estimate of drug-likeness (QED) is 0.193. The van der Waals surface area contributed by atoms with Gasteiger partial charge in [-0.3, -0.25) is 10.1 Å². The molecule has 0 aliphatic rings. The highest BCUT2D eigenvalue weighted by Gasteiger charge is 2.30. The van der Waals surface area contributed by atoms with Crippen LogP contribution in [-0.2, 0) is 0 Å². The molecule has 1 heterocycles. The molecular weight excluding hydrogens is 498 g/mol. The molecule has 0 radical (unpaired) electrons. The second-order valence-electron chi connectivity index (χ2n) is 8.05. The van der Waals surface area contributed by atoms with Crippen LogP contribution in [0.15, 0.2) is 34.7 Å². The molecule has 4 aromatic rings. The number of nitrogens with zero attached hydrogens (tertiary/aromatic N) is 1. The van der Waals surface area contributed by atoms with Crippen LogP contribution in [0.25, 0.3) is 22.6 Å². The fourth-order valence-corrected chi connectivity index (χ4v) is 3.90. The van der Waals surface area contributed by atoms with Crippen LogP contribution in [0, 0.1) is 44.0 Å². The summed E-state index contributed by atoms with van der Waals surface area (Å²) in [5.41, 5.74) is 3.58. The molecule has 0 unspecified atom stereocenters. The second kappa shape index (κ2) is 9.57. The maximum Gasteiger partial charge on any atom is 0.263 e. The molecule has 1 aromatic heterocycles. The summed E-state index contributed by atoms with van der Waals surface area (Å²) in [5.74, 6) is -9.91. The highest BCUT2D eigenvalue weighted by Crippen LogP contribution is 2.31. The Bertz CT molecular complexity index is 1520. The van der Waals surface area contributed by atoms with E-state index in [1.54, 1.807) is 25.1 Å². The first-order valence-corrected chi connectivity index (χ1v) is 10.9. The number of aromatic nitrogens is 1. The van der Waals surface area contributed by atoms with Crippen LogP contribution < -0.4 is 15.4 Å². The molecule has 36 heavy (non-hydrogen) atoms. The first kappa shape index (κ1) is 25.1. The van der Waals surface area contributed by atoms with Gasteiger partial charge in [0.1, 0.15) is 11.1 Å². The van der Waals surface area contributed by atoms with E-state index in [4.69, 9.17) is 16.6 Å². The van der Waals surface area contributed by atoms with Crippen molar-refractivity contribution in [2.24, 2.45) is 0 Å². The van der Waals surface area contributed by atoms with Gasteiger partial charge in [0.2, 0.25) is 17.5 Å². The first-order chi connectivity index (χ1) is 17.0. The minimum Gasteiger partial charge on any atom is -0.491 e. The monoisotopic (exact) mass is 517 g/mol. The van der Waals surface area contributed by atoms with E-state index in [1.807, 2.05) is 31.3 Å². The number of amides is 1. The van der Waals surface area contributed by atoms with E-state index in [9.17, 15) is 22.4 Å². The standard InChI is InChI=1S/C25H19F4N3O3S/c1-10-7-12(3)21-15(8-10)30-24(35-21)13-6-5-11(2)14(9-13)31-25(36)32-23(33)16-17(26)19(28)22(34-4)20(29)18(16)27/h5-9H,1-4H3,(H2,31,32,33,36). The molecule has 0 aliphatic heterocycles. The highest BCUT2D eigenvalue weighted by molar-refractivity contribution is 7.80. The van der Waals surface area contributed by atoms with E-state index in [1.165, 1.54) is 0 Å². The third-order valence-electron chi connectivity index (χ3n) is 5.43. The topological polar surface area (TPSA) is 76.4 Å². The van der Waals surface area contributed by atoms with Crippen molar-refractivity contribution in [3.8, 4) is 17.2 Å². The van der Waals surface area contributed by atoms with Gasteiger partial charge in [-0.15, -0.1) is 0 Å². The third kappa shape index (κ3) is 4.49. The van der Waals surface area contributed by atoms with Crippen LogP contribution >= 0.6 is 12.2 Å². The summed E-state index contributed by atoms with van der Waals surface area (Å²) in [4.78, 5) is 16.9. The molecule has 1 amide bonds. The molecule has 11 heteroatoms. The summed E-state index contributed by atoms with van der Waals surface area (Å²) in [7, 11) is 0.832. The fraction of sp³-hybridized carbons (Fsp3) is 0.160. The molecule has 0 fully saturated rings. The van der Waals surface area contributed by atoms with Crippen molar-refractivity contribution in [3.63, 3.8) is 0 Å². The van der Waals surface area contributed by atoms with Crippen LogP contribution in [0.1, 0.15) is 27.0 Å². The summed E-state index contributed by atoms with van der Waals surface area (Å²) < 4.78 is 66.7. The molecule has 0 spiro atoms. The van der Waals surface area contributed by atoms with Crippen molar-refractivity contribution in [1.29, 1.82) is 0 Å². The number of aryl methyl sites for hydroxylation is 3. The number of ether oxygens (including phenoxy) is 1. The summed E-state index contributed by atoms with van der Waals surface area (Å²) in [6.45, 7) is 5.62. The maximum atomic E-state index is 14.3. The number of hydrogen-bond donors (Lipinski definition) is 2. The van der Waals surface area contributed by atoms with Crippen LogP contribution in [-0.4, -0.2) is 23.1 Å². The zero-order valence-electron chi connectivity index (χ0n) is 19.5. The third-order valence-corrected chi connectivity index (χ3v) is 5.64. The SMILES string of the molecule is COc1c(F)c(F)c(C(=O)NC(=S)Nc2cc(-c3nc4cc(C)cc(C)c4o3)ccc2C)c(F)c1F. The minimum atomic E-state index is -1.91. The molecule has 0 aliphatic carbocycles. The number of hydrogen-bond acceptors (Lipinski definition) is 5. The predicted octanol–water partition coefficient (Wildman–Crippen LogP) is 6.11. The molecule has 186 valence electrons. The van der Waals surface area contributed by atoms with Gasteiger partial charge in [0.25, 0.3) is 5.91 Å². The van der Waals surface area contributed by atoms with Gasteiger partial charge >= 0.3 is 0 Å². The molecule has 0 saturated heterocycles. The number of benzene rings is 3. The summed E-state index contributed by atoms with van der Waals surface area (Å²) >= 11 is 5.08. The summed E-state index contributed by atoms with van der Waals surface area (Å²) in [6, 6.07) is 9.07. The van der Waals surface area contributed by atoms with Crippen molar-refractivity contribution in [2.75, 3.05) is 12.4 Å². The highest BCUT2D eigenvalue weighted by atomic mass is 32.1. The number of carbonyl (C=O) groups excluding carboxylic acids is 1. The second-order valence-corrected chi connectivity index (χ2v) is 8.46. The van der Waals surface area contributed by atoms with Crippen molar-refractivity contribution < 1.29 is 31.5 Å². The zero-order valence-corrected chi connectivity index (χ0v) is 20.3. The fourth-order valence-electron chi connectivity index (χ4n) is 3.70. The van der Waals surface area contributed by atoms with Crippen LogP contribution in [0.5, 0.6) is 5.75 Å². The molecule has 2 N–H and O–H groups in total. The van der Waals surface area contributed by atoms with Gasteiger partial charge in [0.05, 0.1) is 7.11 Å². The van der Waals surface area contributed by atoms with Gasteiger partial charge in [-0.25, -0.2) is 13.8 Å². The van der Waals surface area contributed by atoms with E-state index < -0.39 is 40.5 Å². The van der Waals surface area contributed by atoms with Gasteiger partial charge in [-0.1, -0.05) is 12.1 Å². The van der Waals surface area contributed by atoms with Gasteiger partial charge in [0, 0.05) is 11.3 Å². The Balaban J connectivity index is 1.59. The van der Waals surface area contributed by atoms with E-state index >= 15 is 0 Å². The average molecular weight is 518 g/mol. The smallest absolute Gasteiger partial charge is 0.263 e. The van der Waals surface area contributed by atoms with Crippen molar-refractivity contribution >= 4 is 40.0 Å². The largest absolute Gasteiger partial charge is 0.491 e. The van der Waals surface area contributed by atoms with E-state index in [2.05, 4.69) is 15.0 Å². The lowest BCUT2D eigenvalue weighted by Gasteiger charge is -2.14. The summed E-state index contributed by atoms with van der Waals surface area (Å²) in [6.07, 6.45) is 0. The van der Waals surface area contributed by atoms with E-state index in [0.29, 0.717) is 33.8 Å². The van der Waals surface area contributed by atoms with Crippen molar-refractivity contribution in [2.45, 2.75) is 20.8 Å². The maximum absolute atomic E-state index is 14.3. The number of nitrogens with one attached hydrogen (secondary N) is 2. The Labute approximate surface area is 208 Å². The predicted molar refractivity (Wildman–Crippen MR) is 130 cm³/mol. The number of oxazole rings is 1. The number of anilines is 1. The zero-order chi connectivity index (χ0) is 26.3. The molecule has 0 atom stereocenters. The van der Waals surface area contributed by atoms with E-state index in [0.717, 1.165) is 18.2 Å². The Kier molecular flexibility index (Phi) is 6.68. The molecule has 4 rings (SSSR count). The van der Waals surface area contributed by atoms with Crippen LogP contribution in [0.4, 0.5) is 23.2 Å². The summed E-state index contributed by atoms with van der Waals surface area (Å²) in [5, 5.41) is 4.41. The molecule has 0 saturated carbocycles. The minimum absolute atomic E-state index is 0.352. The Morgan fingerprint density at radius 1 is 0.972 bits per heavy atom. The Morgan fingerprint density at radius 2 is 1.64 bits per heavy atom. The normalized spacial score (nSPS) is 11.0. The van der Waals surface area contributed by atoms with Gasteiger partial charge in [0.15, 0.2) is 28.1 Å². The van der Waals surface area contributed by atoms with Crippen LogP contribution in [0.2, 0.25) is 0 Å². The average Bonchev–Trinajstić information content (AvgIpc) is 3.24. The number of carbonyl (C=O) groups is 1. The van der Waals surface area contributed by atoms with Crippen molar-refractivity contribution in [3.05, 3.63) is 75.9 Å². The van der Waals surface area contributed by atoms with Crippen molar-refractivity contribution in [1.82, 2.24) is 10.3 Å². The first-order valence-electron chi connectivity index (χ1n) is 10.5. The number of methoxy groups -OCH3 is 1. The van der Waals surface area contributed by atoms with Gasteiger partial charge in [-0.2, -0.15) is 8.78 Å². The lowest BCUT2D eigenvalue weighted by molar-refractivity contribution is 0.0966. The van der Waals surface area contributed by atoms with Crippen LogP contribution in [0.3, 0.4) is 0 Å². The molecule has 3 aromatic carbocycles. The number of rotatable bonds is 4. The molecule has 0 bridgehead atoms. The number of fused-ring (bicyclic) bond motifs is 1. The Hall–Kier alpha value is -3.99. The Morgan fingerprint density at radius 3 is 2.28 bits per heavy atom. The molecule has 6 nitrogen and oxygen atoms in total. The number of thiocarbonyl (C=S) groups is 1.